The summed E-state index contributed by atoms with van der Waals surface area (Å²) < 4.78 is 44.7. The first-order valence-corrected chi connectivity index (χ1v) is 10.6. The number of piperidine rings is 1. The number of carbonyl (C=O) groups excluding carboxylic acids is 1. The van der Waals surface area contributed by atoms with Crippen LogP contribution >= 0.6 is 0 Å². The van der Waals surface area contributed by atoms with Crippen molar-refractivity contribution in [1.82, 2.24) is 25.0 Å². The van der Waals surface area contributed by atoms with Gasteiger partial charge in [0.2, 0.25) is 0 Å². The third-order valence-corrected chi connectivity index (χ3v) is 5.35. The fourth-order valence-electron chi connectivity index (χ4n) is 3.59. The molecular formula is C22H25F3N6O2. The number of imidazole rings is 1. The highest BCUT2D eigenvalue weighted by molar-refractivity contribution is 5.95. The number of anilines is 1. The minimum Gasteiger partial charge on any atom is -0.389 e. The molecule has 176 valence electrons. The third-order valence-electron chi connectivity index (χ3n) is 5.35. The number of hydrogen-bond acceptors (Lipinski definition) is 6. The number of fused-ring (bicyclic) bond motifs is 1. The van der Waals surface area contributed by atoms with Crippen LogP contribution in [0.15, 0.2) is 30.6 Å². The fraction of sp³-hybridized carbons (Fsp3) is 0.409. The number of nitrogens with zero attached hydrogens (tertiary/aromatic N) is 3. The summed E-state index contributed by atoms with van der Waals surface area (Å²) in [7, 11) is 0. The van der Waals surface area contributed by atoms with Crippen LogP contribution in [0.3, 0.4) is 0 Å². The van der Waals surface area contributed by atoms with Gasteiger partial charge >= 0.3 is 0 Å². The fourth-order valence-corrected chi connectivity index (χ4v) is 3.59. The molecule has 0 aromatic carbocycles. The number of halogens is 3. The van der Waals surface area contributed by atoms with E-state index in [1.54, 1.807) is 13.8 Å². The first-order chi connectivity index (χ1) is 15.6. The van der Waals surface area contributed by atoms with E-state index >= 15 is 0 Å². The zero-order valence-electron chi connectivity index (χ0n) is 18.2. The van der Waals surface area contributed by atoms with Crippen LogP contribution in [-0.4, -0.2) is 62.8 Å². The van der Waals surface area contributed by atoms with Crippen LogP contribution in [0.1, 0.15) is 30.6 Å². The first kappa shape index (κ1) is 23.0. The van der Waals surface area contributed by atoms with Gasteiger partial charge in [0, 0.05) is 30.9 Å². The van der Waals surface area contributed by atoms with Crippen molar-refractivity contribution in [3.8, 4) is 11.4 Å². The van der Waals surface area contributed by atoms with Crippen LogP contribution in [0.25, 0.3) is 17.0 Å². The summed E-state index contributed by atoms with van der Waals surface area (Å²) in [5.41, 5.74) is -0.329. The normalized spacial score (nSPS) is 19.0. The van der Waals surface area contributed by atoms with Crippen LogP contribution < -0.4 is 16.0 Å². The Morgan fingerprint density at radius 1 is 1.33 bits per heavy atom. The highest BCUT2D eigenvalue weighted by Gasteiger charge is 2.27. The Kier molecular flexibility index (Phi) is 6.26. The van der Waals surface area contributed by atoms with Gasteiger partial charge in [-0.2, -0.15) is 0 Å². The molecule has 0 aliphatic carbocycles. The van der Waals surface area contributed by atoms with E-state index in [9.17, 15) is 23.1 Å². The molecule has 4 rings (SSSR count). The monoisotopic (exact) mass is 462 g/mol. The molecule has 1 aliphatic heterocycles. The predicted octanol–water partition coefficient (Wildman–Crippen LogP) is 2.29. The molecule has 33 heavy (non-hydrogen) atoms. The van der Waals surface area contributed by atoms with Crippen molar-refractivity contribution in [3.63, 3.8) is 0 Å². The smallest absolute Gasteiger partial charge is 0.251 e. The Morgan fingerprint density at radius 3 is 2.85 bits per heavy atom. The van der Waals surface area contributed by atoms with E-state index < -0.39 is 35.4 Å². The molecule has 1 fully saturated rings. The van der Waals surface area contributed by atoms with Crippen molar-refractivity contribution in [3.05, 3.63) is 47.8 Å². The van der Waals surface area contributed by atoms with Crippen LogP contribution in [0.2, 0.25) is 0 Å². The molecule has 3 aromatic rings. The van der Waals surface area contributed by atoms with Crippen molar-refractivity contribution < 1.29 is 23.1 Å². The number of aliphatic hydroxyl groups is 1. The first-order valence-electron chi connectivity index (χ1n) is 10.6. The van der Waals surface area contributed by atoms with Crippen molar-refractivity contribution in [1.29, 1.82) is 0 Å². The van der Waals surface area contributed by atoms with Crippen LogP contribution in [0.4, 0.5) is 19.0 Å². The number of alkyl halides is 1. The number of nitrogens with one attached hydrogen (secondary N) is 3. The Hall–Kier alpha value is -3.18. The van der Waals surface area contributed by atoms with Gasteiger partial charge in [-0.05, 0) is 38.9 Å². The Bertz CT molecular complexity index is 1180. The second kappa shape index (κ2) is 8.99. The molecule has 0 bridgehead atoms. The molecule has 11 heteroatoms. The van der Waals surface area contributed by atoms with Gasteiger partial charge in [0.25, 0.3) is 5.91 Å². The molecule has 1 saturated heterocycles. The largest absolute Gasteiger partial charge is 0.389 e. The summed E-state index contributed by atoms with van der Waals surface area (Å²) in [6.07, 6.45) is 1.99. The molecule has 8 nitrogen and oxygen atoms in total. The van der Waals surface area contributed by atoms with Crippen LogP contribution in [0, 0.1) is 11.6 Å². The highest BCUT2D eigenvalue weighted by Crippen LogP contribution is 2.27. The standard InChI is InChI=1S/C22H25F3N6O2/c1-22(2,33)11-28-21(32)12-4-6-31-17(10-27-18(31)7-12)19-14(24)8-15(25)20(30-19)29-16-9-26-5-3-13(16)23/h4,6-8,10,13,16,26,33H,3,5,9,11H2,1-2H3,(H,28,32)(H,29,30). The van der Waals surface area contributed by atoms with E-state index in [2.05, 4.69) is 25.9 Å². The molecule has 3 aromatic heterocycles. The second-order valence-corrected chi connectivity index (χ2v) is 8.69. The summed E-state index contributed by atoms with van der Waals surface area (Å²) in [4.78, 5) is 20.6. The Morgan fingerprint density at radius 2 is 2.12 bits per heavy atom. The topological polar surface area (TPSA) is 104 Å². The maximum Gasteiger partial charge on any atom is 0.251 e. The van der Waals surface area contributed by atoms with E-state index in [0.29, 0.717) is 30.4 Å². The van der Waals surface area contributed by atoms with Gasteiger partial charge in [-0.1, -0.05) is 0 Å². The molecule has 0 saturated carbocycles. The van der Waals surface area contributed by atoms with Crippen LogP contribution in [-0.2, 0) is 0 Å². The molecule has 1 amide bonds. The molecule has 0 radical (unpaired) electrons. The van der Waals surface area contributed by atoms with E-state index in [1.807, 2.05) is 0 Å². The summed E-state index contributed by atoms with van der Waals surface area (Å²) in [5.74, 6) is -2.47. The lowest BCUT2D eigenvalue weighted by Crippen LogP contribution is -2.46. The van der Waals surface area contributed by atoms with Gasteiger partial charge in [-0.3, -0.25) is 9.20 Å². The summed E-state index contributed by atoms with van der Waals surface area (Å²) in [5, 5.41) is 18.2. The number of hydrogen-bond donors (Lipinski definition) is 4. The summed E-state index contributed by atoms with van der Waals surface area (Å²) in [6, 6.07) is 3.03. The Balaban J connectivity index is 1.62. The number of carbonyl (C=O) groups is 1. The van der Waals surface area contributed by atoms with E-state index in [1.165, 1.54) is 28.9 Å². The molecular weight excluding hydrogens is 437 g/mol. The number of rotatable bonds is 6. The summed E-state index contributed by atoms with van der Waals surface area (Å²) >= 11 is 0. The van der Waals surface area contributed by atoms with Gasteiger partial charge < -0.3 is 21.1 Å². The zero-order valence-corrected chi connectivity index (χ0v) is 18.2. The van der Waals surface area contributed by atoms with Crippen LogP contribution in [0.5, 0.6) is 0 Å². The number of amides is 1. The molecule has 1 aliphatic rings. The van der Waals surface area contributed by atoms with Crippen molar-refractivity contribution in [2.45, 2.75) is 38.1 Å². The van der Waals surface area contributed by atoms with Crippen molar-refractivity contribution >= 4 is 17.4 Å². The molecule has 4 heterocycles. The molecule has 4 N–H and O–H groups in total. The van der Waals surface area contributed by atoms with E-state index in [4.69, 9.17) is 0 Å². The Labute approximate surface area is 188 Å². The van der Waals surface area contributed by atoms with Crippen molar-refractivity contribution in [2.24, 2.45) is 0 Å². The van der Waals surface area contributed by atoms with E-state index in [-0.39, 0.29) is 30.2 Å². The maximum atomic E-state index is 14.7. The predicted molar refractivity (Wildman–Crippen MR) is 117 cm³/mol. The molecule has 2 unspecified atom stereocenters. The quantitative estimate of drug-likeness (QED) is 0.448. The lowest BCUT2D eigenvalue weighted by atomic mass is 10.1. The SMILES string of the molecule is CC(C)(O)CNC(=O)c1ccn2c(-c3nc(NC4CNCCC4F)c(F)cc3F)cnc2c1. The highest BCUT2D eigenvalue weighted by atomic mass is 19.1. The second-order valence-electron chi connectivity index (χ2n) is 8.69. The zero-order chi connectivity index (χ0) is 23.8. The number of pyridine rings is 2. The van der Waals surface area contributed by atoms with Crippen molar-refractivity contribution in [2.75, 3.05) is 25.0 Å². The maximum absolute atomic E-state index is 14.7. The lowest BCUT2D eigenvalue weighted by molar-refractivity contribution is 0.0694. The summed E-state index contributed by atoms with van der Waals surface area (Å²) in [6.45, 7) is 4.03. The number of aromatic nitrogens is 3. The van der Waals surface area contributed by atoms with Gasteiger partial charge in [-0.25, -0.2) is 23.1 Å². The van der Waals surface area contributed by atoms with Gasteiger partial charge in [0.15, 0.2) is 17.5 Å². The average molecular weight is 462 g/mol. The molecule has 2 atom stereocenters. The van der Waals surface area contributed by atoms with Gasteiger partial charge in [0.1, 0.15) is 17.5 Å². The lowest BCUT2D eigenvalue weighted by Gasteiger charge is -2.28. The third kappa shape index (κ3) is 5.09. The van der Waals surface area contributed by atoms with E-state index in [0.717, 1.165) is 0 Å². The average Bonchev–Trinajstić information content (AvgIpc) is 3.18. The minimum atomic E-state index is -1.18. The molecule has 0 spiro atoms. The minimum absolute atomic E-state index is 0.0629. The van der Waals surface area contributed by atoms with Gasteiger partial charge in [-0.15, -0.1) is 0 Å². The van der Waals surface area contributed by atoms with Gasteiger partial charge in [0.05, 0.1) is 23.5 Å².